The minimum absolute atomic E-state index is 0.00321. The van der Waals surface area contributed by atoms with Gasteiger partial charge in [-0.1, -0.05) is 24.3 Å². The van der Waals surface area contributed by atoms with Crippen molar-refractivity contribution in [1.29, 1.82) is 0 Å². The van der Waals surface area contributed by atoms with Crippen LogP contribution >= 0.6 is 0 Å². The van der Waals surface area contributed by atoms with Crippen molar-refractivity contribution in [2.45, 2.75) is 101 Å². The summed E-state index contributed by atoms with van der Waals surface area (Å²) >= 11 is 0. The Kier molecular flexibility index (Phi) is 13.2. The predicted octanol–water partition coefficient (Wildman–Crippen LogP) is -0.288. The molecular formula is C33H45NO14. The lowest BCUT2D eigenvalue weighted by Crippen LogP contribution is -2.59. The van der Waals surface area contributed by atoms with E-state index in [9.17, 15) is 39.9 Å². The Balaban J connectivity index is 1.32. The predicted molar refractivity (Wildman–Crippen MR) is 166 cm³/mol. The van der Waals surface area contributed by atoms with Crippen molar-refractivity contribution in [1.82, 2.24) is 5.32 Å². The average Bonchev–Trinajstić information content (AvgIpc) is 3.53. The number of aliphatic hydroxyl groups excluding tert-OH is 5. The highest BCUT2D eigenvalue weighted by Gasteiger charge is 2.44. The first-order valence-electron chi connectivity index (χ1n) is 15.8. The van der Waals surface area contributed by atoms with E-state index in [4.69, 9.17) is 28.4 Å². The SMILES string of the molecule is CC(C)(C)OC(=O)CCC(CO)NC(=O)C1=CC2OCOC2C(OC(=O)c2cccc(C=CCOC3OC(CO)C(O)C(O)C3O)c2)C1. The summed E-state index contributed by atoms with van der Waals surface area (Å²) in [4.78, 5) is 38.5. The van der Waals surface area contributed by atoms with Crippen molar-refractivity contribution in [2.75, 3.05) is 26.6 Å². The lowest BCUT2D eigenvalue weighted by molar-refractivity contribution is -0.298. The Hall–Kier alpha value is -3.25. The number of carbonyl (C=O) groups excluding carboxylic acids is 3. The minimum Gasteiger partial charge on any atom is -0.460 e. The third kappa shape index (κ3) is 10.1. The van der Waals surface area contributed by atoms with Crippen LogP contribution in [0.25, 0.3) is 6.08 Å². The van der Waals surface area contributed by atoms with Crippen LogP contribution in [-0.4, -0.2) is 131 Å². The molecule has 2 aliphatic heterocycles. The number of carbonyl (C=O) groups is 3. The molecule has 15 heteroatoms. The Labute approximate surface area is 278 Å². The number of hydrogen-bond acceptors (Lipinski definition) is 14. The maximum atomic E-state index is 13.2. The van der Waals surface area contributed by atoms with Crippen molar-refractivity contribution in [3.05, 3.63) is 53.1 Å². The van der Waals surface area contributed by atoms with E-state index in [-0.39, 0.29) is 43.8 Å². The van der Waals surface area contributed by atoms with Crippen LogP contribution in [-0.2, 0) is 38.0 Å². The van der Waals surface area contributed by atoms with Crippen LogP contribution in [0.4, 0.5) is 0 Å². The van der Waals surface area contributed by atoms with Crippen molar-refractivity contribution >= 4 is 23.9 Å². The van der Waals surface area contributed by atoms with E-state index in [0.29, 0.717) is 5.56 Å². The lowest BCUT2D eigenvalue weighted by Gasteiger charge is -2.39. The molecule has 1 aromatic carbocycles. The van der Waals surface area contributed by atoms with Gasteiger partial charge in [-0.2, -0.15) is 0 Å². The van der Waals surface area contributed by atoms with Gasteiger partial charge in [0, 0.05) is 18.4 Å². The fourth-order valence-corrected chi connectivity index (χ4v) is 5.41. The summed E-state index contributed by atoms with van der Waals surface area (Å²) in [6.07, 6.45) is -4.00. The van der Waals surface area contributed by atoms with Crippen molar-refractivity contribution in [2.24, 2.45) is 0 Å². The van der Waals surface area contributed by atoms with Gasteiger partial charge >= 0.3 is 11.9 Å². The number of aliphatic hydroxyl groups is 5. The number of nitrogens with one attached hydrogen (secondary N) is 1. The van der Waals surface area contributed by atoms with Crippen molar-refractivity contribution < 1.29 is 68.3 Å². The van der Waals surface area contributed by atoms with Gasteiger partial charge in [-0.15, -0.1) is 0 Å². The molecule has 1 aromatic rings. The largest absolute Gasteiger partial charge is 0.460 e. The van der Waals surface area contributed by atoms with E-state index >= 15 is 0 Å². The highest BCUT2D eigenvalue weighted by Crippen LogP contribution is 2.31. The summed E-state index contributed by atoms with van der Waals surface area (Å²) in [6, 6.07) is 5.83. The van der Waals surface area contributed by atoms with E-state index in [1.807, 2.05) is 0 Å². The Morgan fingerprint density at radius 1 is 1.08 bits per heavy atom. The number of rotatable bonds is 13. The second-order valence-corrected chi connectivity index (χ2v) is 12.8. The highest BCUT2D eigenvalue weighted by molar-refractivity contribution is 5.94. The zero-order valence-electron chi connectivity index (χ0n) is 27.1. The van der Waals surface area contributed by atoms with Gasteiger partial charge in [-0.3, -0.25) is 9.59 Å². The van der Waals surface area contributed by atoms with Gasteiger partial charge in [-0.05, 0) is 51.0 Å². The monoisotopic (exact) mass is 679 g/mol. The van der Waals surface area contributed by atoms with E-state index in [1.165, 1.54) is 0 Å². The first-order valence-corrected chi connectivity index (χ1v) is 15.8. The van der Waals surface area contributed by atoms with E-state index < -0.39 is 91.7 Å². The third-order valence-corrected chi connectivity index (χ3v) is 7.86. The van der Waals surface area contributed by atoms with Gasteiger partial charge in [-0.25, -0.2) is 4.79 Å². The van der Waals surface area contributed by atoms with Gasteiger partial charge in [0.1, 0.15) is 55.1 Å². The number of benzene rings is 1. The van der Waals surface area contributed by atoms with Gasteiger partial charge in [0.15, 0.2) is 6.29 Å². The van der Waals surface area contributed by atoms with Crippen LogP contribution in [0.15, 0.2) is 42.0 Å². The van der Waals surface area contributed by atoms with Crippen LogP contribution in [0.2, 0.25) is 0 Å². The number of ether oxygens (including phenoxy) is 6. The molecule has 266 valence electrons. The molecule has 9 unspecified atom stereocenters. The Morgan fingerprint density at radius 3 is 2.56 bits per heavy atom. The first-order chi connectivity index (χ1) is 22.8. The van der Waals surface area contributed by atoms with Crippen molar-refractivity contribution in [3.8, 4) is 0 Å². The summed E-state index contributed by atoms with van der Waals surface area (Å²) < 4.78 is 33.1. The molecule has 0 aromatic heterocycles. The number of hydrogen-bond donors (Lipinski definition) is 6. The first kappa shape index (κ1) is 37.6. The highest BCUT2D eigenvalue weighted by atomic mass is 16.7. The number of esters is 2. The summed E-state index contributed by atoms with van der Waals surface area (Å²) in [7, 11) is 0. The fourth-order valence-electron chi connectivity index (χ4n) is 5.41. The molecule has 1 aliphatic carbocycles. The molecule has 4 rings (SSSR count). The maximum Gasteiger partial charge on any atom is 0.338 e. The van der Waals surface area contributed by atoms with Crippen LogP contribution in [0.5, 0.6) is 0 Å². The molecule has 9 atom stereocenters. The molecule has 2 saturated heterocycles. The average molecular weight is 680 g/mol. The van der Waals surface area contributed by atoms with Gasteiger partial charge < -0.3 is 59.3 Å². The Bertz CT molecular complexity index is 1320. The lowest BCUT2D eigenvalue weighted by atomic mass is 9.91. The summed E-state index contributed by atoms with van der Waals surface area (Å²) in [5.74, 6) is -1.60. The number of fused-ring (bicyclic) bond motifs is 1. The topological polar surface area (TPSA) is 220 Å². The maximum absolute atomic E-state index is 13.2. The Morgan fingerprint density at radius 2 is 1.85 bits per heavy atom. The normalized spacial score (nSPS) is 29.5. The van der Waals surface area contributed by atoms with Gasteiger partial charge in [0.2, 0.25) is 5.91 Å². The van der Waals surface area contributed by atoms with E-state index in [0.717, 1.165) is 0 Å². The molecule has 15 nitrogen and oxygen atoms in total. The molecule has 0 radical (unpaired) electrons. The molecule has 1 amide bonds. The summed E-state index contributed by atoms with van der Waals surface area (Å²) in [5.41, 5.74) is 0.476. The fraction of sp³-hybridized carbons (Fsp3) is 0.606. The molecule has 48 heavy (non-hydrogen) atoms. The second-order valence-electron chi connectivity index (χ2n) is 12.8. The standard InChI is InChI=1S/C33H45NO14/c1-33(2,3)48-25(37)10-9-21(15-35)34-30(41)20-13-22-29(45-17-44-22)23(14-20)46-31(42)19-8-4-6-18(12-19)7-5-11-43-32-28(40)27(39)26(38)24(16-36)47-32/h4-8,12-13,21-24,26-29,32,35-36,38-40H,9-11,14-17H2,1-3H3,(H,34,41). The minimum atomic E-state index is -1.55. The van der Waals surface area contributed by atoms with Crippen molar-refractivity contribution in [3.63, 3.8) is 0 Å². The second kappa shape index (κ2) is 16.9. The van der Waals surface area contributed by atoms with Gasteiger partial charge in [0.25, 0.3) is 0 Å². The summed E-state index contributed by atoms with van der Waals surface area (Å²) in [6.45, 7) is 4.18. The molecule has 0 spiro atoms. The summed E-state index contributed by atoms with van der Waals surface area (Å²) in [5, 5.41) is 51.8. The third-order valence-electron chi connectivity index (χ3n) is 7.86. The van der Waals surface area contributed by atoms with Crippen LogP contribution in [0, 0.1) is 0 Å². The zero-order valence-corrected chi connectivity index (χ0v) is 27.1. The van der Waals surface area contributed by atoms with Gasteiger partial charge in [0.05, 0.1) is 31.4 Å². The molecule has 3 aliphatic rings. The molecule has 0 saturated carbocycles. The smallest absolute Gasteiger partial charge is 0.338 e. The van der Waals surface area contributed by atoms with Crippen LogP contribution in [0.3, 0.4) is 0 Å². The molecule has 2 heterocycles. The quantitative estimate of drug-likeness (QED) is 0.148. The number of amides is 1. The molecule has 0 bridgehead atoms. The molecular weight excluding hydrogens is 634 g/mol. The van der Waals surface area contributed by atoms with Crippen LogP contribution < -0.4 is 5.32 Å². The van der Waals surface area contributed by atoms with E-state index in [2.05, 4.69) is 5.32 Å². The zero-order chi connectivity index (χ0) is 35.0. The molecule has 6 N–H and O–H groups in total. The van der Waals surface area contributed by atoms with E-state index in [1.54, 1.807) is 63.3 Å². The molecule has 2 fully saturated rings. The van der Waals surface area contributed by atoms with Crippen LogP contribution in [0.1, 0.15) is 56.0 Å².